The molecule has 1 atom stereocenters. The minimum Gasteiger partial charge on any atom is -0.335 e. The average molecular weight is 295 g/mol. The van der Waals surface area contributed by atoms with Gasteiger partial charge in [0.15, 0.2) is 0 Å². The number of amides is 2. The van der Waals surface area contributed by atoms with E-state index in [2.05, 4.69) is 43.2 Å². The first kappa shape index (κ1) is 16.6. The van der Waals surface area contributed by atoms with Gasteiger partial charge in [-0.25, -0.2) is 4.79 Å². The van der Waals surface area contributed by atoms with Gasteiger partial charge in [-0.1, -0.05) is 33.1 Å². The molecular formula is C17H33N3O. The zero-order valence-electron chi connectivity index (χ0n) is 14.2. The molecule has 2 fully saturated rings. The highest BCUT2D eigenvalue weighted by atomic mass is 16.2. The van der Waals surface area contributed by atoms with Crippen molar-refractivity contribution >= 4 is 6.03 Å². The molecule has 1 saturated carbocycles. The summed E-state index contributed by atoms with van der Waals surface area (Å²) in [5.41, 5.74) is -0.105. The van der Waals surface area contributed by atoms with Gasteiger partial charge < -0.3 is 15.5 Å². The molecule has 1 unspecified atom stereocenters. The SMILES string of the molecule is CC(C)CC1CN(C(=O)NC2CCCCC2)C(C)(C)CN1. The van der Waals surface area contributed by atoms with E-state index in [0.717, 1.165) is 32.4 Å². The van der Waals surface area contributed by atoms with E-state index in [4.69, 9.17) is 0 Å². The van der Waals surface area contributed by atoms with Crippen molar-refractivity contribution in [1.82, 2.24) is 15.5 Å². The van der Waals surface area contributed by atoms with Crippen LogP contribution in [0, 0.1) is 5.92 Å². The third-order valence-electron chi connectivity index (χ3n) is 4.89. The van der Waals surface area contributed by atoms with Crippen molar-refractivity contribution in [1.29, 1.82) is 0 Å². The Hall–Kier alpha value is -0.770. The number of nitrogens with one attached hydrogen (secondary N) is 2. The Morgan fingerprint density at radius 1 is 1.29 bits per heavy atom. The quantitative estimate of drug-likeness (QED) is 0.840. The minimum atomic E-state index is -0.105. The Kier molecular flexibility index (Phi) is 5.53. The van der Waals surface area contributed by atoms with E-state index in [1.165, 1.54) is 19.3 Å². The van der Waals surface area contributed by atoms with Crippen molar-refractivity contribution < 1.29 is 4.79 Å². The molecule has 122 valence electrons. The van der Waals surface area contributed by atoms with Crippen LogP contribution in [0.3, 0.4) is 0 Å². The largest absolute Gasteiger partial charge is 0.335 e. The first-order valence-electron chi connectivity index (χ1n) is 8.70. The number of carbonyl (C=O) groups excluding carboxylic acids is 1. The van der Waals surface area contributed by atoms with Gasteiger partial charge in [-0.15, -0.1) is 0 Å². The van der Waals surface area contributed by atoms with Gasteiger partial charge in [0.25, 0.3) is 0 Å². The summed E-state index contributed by atoms with van der Waals surface area (Å²) in [7, 11) is 0. The van der Waals surface area contributed by atoms with Crippen LogP contribution in [-0.4, -0.2) is 41.6 Å². The second-order valence-corrected chi connectivity index (χ2v) is 7.91. The Labute approximate surface area is 130 Å². The highest BCUT2D eigenvalue weighted by molar-refractivity contribution is 5.75. The summed E-state index contributed by atoms with van der Waals surface area (Å²) in [5, 5.41) is 6.88. The summed E-state index contributed by atoms with van der Waals surface area (Å²) in [5.74, 6) is 0.659. The third-order valence-corrected chi connectivity index (χ3v) is 4.89. The molecule has 2 rings (SSSR count). The zero-order valence-corrected chi connectivity index (χ0v) is 14.2. The maximum absolute atomic E-state index is 12.7. The van der Waals surface area contributed by atoms with Crippen LogP contribution in [0.15, 0.2) is 0 Å². The number of piperazine rings is 1. The summed E-state index contributed by atoms with van der Waals surface area (Å²) in [6, 6.07) is 0.956. The molecule has 0 spiro atoms. The van der Waals surface area contributed by atoms with E-state index in [0.29, 0.717) is 18.0 Å². The maximum Gasteiger partial charge on any atom is 0.318 e. The molecule has 0 aromatic heterocycles. The number of hydrogen-bond acceptors (Lipinski definition) is 2. The van der Waals surface area contributed by atoms with Crippen LogP contribution in [-0.2, 0) is 0 Å². The Morgan fingerprint density at radius 3 is 2.57 bits per heavy atom. The van der Waals surface area contributed by atoms with Crippen LogP contribution in [0.1, 0.15) is 66.2 Å². The van der Waals surface area contributed by atoms with Crippen molar-refractivity contribution in [2.45, 2.75) is 83.8 Å². The second-order valence-electron chi connectivity index (χ2n) is 7.91. The first-order valence-corrected chi connectivity index (χ1v) is 8.70. The van der Waals surface area contributed by atoms with E-state index in [1.54, 1.807) is 0 Å². The van der Waals surface area contributed by atoms with Gasteiger partial charge in [0.2, 0.25) is 0 Å². The van der Waals surface area contributed by atoms with Crippen LogP contribution in [0.5, 0.6) is 0 Å². The number of nitrogens with zero attached hydrogens (tertiary/aromatic N) is 1. The van der Waals surface area contributed by atoms with Gasteiger partial charge in [0.1, 0.15) is 0 Å². The summed E-state index contributed by atoms with van der Waals surface area (Å²) in [6.45, 7) is 10.5. The Bertz CT molecular complexity index is 348. The predicted octanol–water partition coefficient (Wildman–Crippen LogP) is 3.13. The summed E-state index contributed by atoms with van der Waals surface area (Å²) in [6.07, 6.45) is 7.25. The van der Waals surface area contributed by atoms with E-state index in [1.807, 2.05) is 0 Å². The van der Waals surface area contributed by atoms with Crippen molar-refractivity contribution in [2.24, 2.45) is 5.92 Å². The average Bonchev–Trinajstić information content (AvgIpc) is 2.41. The molecule has 2 amide bonds. The summed E-state index contributed by atoms with van der Waals surface area (Å²) >= 11 is 0. The van der Waals surface area contributed by atoms with Crippen LogP contribution in [0.4, 0.5) is 4.79 Å². The smallest absolute Gasteiger partial charge is 0.318 e. The van der Waals surface area contributed by atoms with Crippen LogP contribution in [0.2, 0.25) is 0 Å². The van der Waals surface area contributed by atoms with Crippen molar-refractivity contribution in [3.05, 3.63) is 0 Å². The fourth-order valence-corrected chi connectivity index (χ4v) is 3.61. The van der Waals surface area contributed by atoms with E-state index < -0.39 is 0 Å². The van der Waals surface area contributed by atoms with Gasteiger partial charge in [0.05, 0.1) is 5.54 Å². The van der Waals surface area contributed by atoms with Crippen molar-refractivity contribution in [3.63, 3.8) is 0 Å². The van der Waals surface area contributed by atoms with E-state index in [9.17, 15) is 4.79 Å². The lowest BCUT2D eigenvalue weighted by atomic mass is 9.93. The summed E-state index contributed by atoms with van der Waals surface area (Å²) < 4.78 is 0. The van der Waals surface area contributed by atoms with Crippen molar-refractivity contribution in [2.75, 3.05) is 13.1 Å². The summed E-state index contributed by atoms with van der Waals surface area (Å²) in [4.78, 5) is 14.8. The molecular weight excluding hydrogens is 262 g/mol. The molecule has 0 radical (unpaired) electrons. The topological polar surface area (TPSA) is 44.4 Å². The number of hydrogen-bond donors (Lipinski definition) is 2. The Balaban J connectivity index is 1.94. The molecule has 0 aromatic carbocycles. The Morgan fingerprint density at radius 2 is 1.95 bits per heavy atom. The van der Waals surface area contributed by atoms with Crippen LogP contribution in [0.25, 0.3) is 0 Å². The van der Waals surface area contributed by atoms with Gasteiger partial charge in [-0.3, -0.25) is 0 Å². The lowest BCUT2D eigenvalue weighted by Gasteiger charge is -2.47. The lowest BCUT2D eigenvalue weighted by Crippen LogP contribution is -2.66. The molecule has 1 aliphatic heterocycles. The molecule has 0 bridgehead atoms. The highest BCUT2D eigenvalue weighted by Gasteiger charge is 2.37. The third kappa shape index (κ3) is 4.60. The van der Waals surface area contributed by atoms with Crippen molar-refractivity contribution in [3.8, 4) is 0 Å². The van der Waals surface area contributed by atoms with Gasteiger partial charge in [-0.05, 0) is 39.0 Å². The molecule has 2 N–H and O–H groups in total. The normalized spacial score (nSPS) is 26.9. The second kappa shape index (κ2) is 6.99. The van der Waals surface area contributed by atoms with Gasteiger partial charge in [0, 0.05) is 25.2 Å². The van der Waals surface area contributed by atoms with E-state index in [-0.39, 0.29) is 11.6 Å². The minimum absolute atomic E-state index is 0.105. The fraction of sp³-hybridized carbons (Fsp3) is 0.941. The lowest BCUT2D eigenvalue weighted by molar-refractivity contribution is 0.0847. The van der Waals surface area contributed by atoms with Crippen LogP contribution >= 0.6 is 0 Å². The standard InChI is InChI=1S/C17H33N3O/c1-13(2)10-15-11-20(17(3,4)12-18-15)16(21)19-14-8-6-5-7-9-14/h13-15,18H,5-12H2,1-4H3,(H,19,21). The predicted molar refractivity (Wildman–Crippen MR) is 87.4 cm³/mol. The molecule has 1 aliphatic carbocycles. The maximum atomic E-state index is 12.7. The van der Waals surface area contributed by atoms with Gasteiger partial charge >= 0.3 is 6.03 Å². The van der Waals surface area contributed by atoms with Crippen LogP contribution < -0.4 is 10.6 Å². The molecule has 21 heavy (non-hydrogen) atoms. The number of carbonyl (C=O) groups is 1. The molecule has 1 saturated heterocycles. The van der Waals surface area contributed by atoms with Gasteiger partial charge in [-0.2, -0.15) is 0 Å². The molecule has 0 aromatic rings. The molecule has 1 heterocycles. The molecule has 4 nitrogen and oxygen atoms in total. The van der Waals surface area contributed by atoms with E-state index >= 15 is 0 Å². The first-order chi connectivity index (χ1) is 9.88. The zero-order chi connectivity index (χ0) is 15.5. The highest BCUT2D eigenvalue weighted by Crippen LogP contribution is 2.23. The monoisotopic (exact) mass is 295 g/mol. The fourth-order valence-electron chi connectivity index (χ4n) is 3.61. The molecule has 2 aliphatic rings. The number of urea groups is 1. The molecule has 4 heteroatoms. The number of rotatable bonds is 3.